The SMILES string of the molecule is OP1Oc2c(Cc3ccccc3)cccc2-c2ccccc21. The summed E-state index contributed by atoms with van der Waals surface area (Å²) in [7, 11) is -1.58. The van der Waals surface area contributed by atoms with Gasteiger partial charge in [-0.05, 0) is 22.8 Å². The maximum atomic E-state index is 10.3. The molecule has 0 aromatic heterocycles. The first kappa shape index (κ1) is 13.5. The normalized spacial score (nSPS) is 15.6. The third-order valence-corrected chi connectivity index (χ3v) is 5.07. The summed E-state index contributed by atoms with van der Waals surface area (Å²) in [5, 5.41) is 0.891. The number of fused-ring (bicyclic) bond motifs is 3. The first-order valence-corrected chi connectivity index (χ1v) is 8.46. The lowest BCUT2D eigenvalue weighted by molar-refractivity contribution is 0.495. The quantitative estimate of drug-likeness (QED) is 0.717. The topological polar surface area (TPSA) is 29.5 Å². The molecule has 0 saturated heterocycles. The first-order valence-electron chi connectivity index (χ1n) is 7.25. The van der Waals surface area contributed by atoms with Crippen LogP contribution in [-0.2, 0) is 6.42 Å². The van der Waals surface area contributed by atoms with Crippen LogP contribution in [0.1, 0.15) is 11.1 Å². The molecule has 1 atom stereocenters. The number of benzene rings is 3. The maximum absolute atomic E-state index is 10.3. The van der Waals surface area contributed by atoms with Gasteiger partial charge in [0.15, 0.2) is 0 Å². The van der Waals surface area contributed by atoms with E-state index in [0.717, 1.165) is 34.2 Å². The molecule has 2 nitrogen and oxygen atoms in total. The number of para-hydroxylation sites is 1. The maximum Gasteiger partial charge on any atom is 0.262 e. The number of hydrogen-bond donors (Lipinski definition) is 1. The highest BCUT2D eigenvalue weighted by Gasteiger charge is 2.26. The van der Waals surface area contributed by atoms with Gasteiger partial charge in [0, 0.05) is 12.0 Å². The minimum atomic E-state index is -1.58. The molecule has 1 heterocycles. The van der Waals surface area contributed by atoms with E-state index >= 15 is 0 Å². The van der Waals surface area contributed by atoms with E-state index in [9.17, 15) is 4.89 Å². The summed E-state index contributed by atoms with van der Waals surface area (Å²) in [5.41, 5.74) is 4.49. The van der Waals surface area contributed by atoms with Crippen LogP contribution in [0.25, 0.3) is 11.1 Å². The Bertz CT molecular complexity index is 815. The van der Waals surface area contributed by atoms with Crippen LogP contribution < -0.4 is 9.83 Å². The van der Waals surface area contributed by atoms with Crippen LogP contribution in [0.5, 0.6) is 5.75 Å². The predicted octanol–water partition coefficient (Wildman–Crippen LogP) is 4.27. The molecule has 3 aromatic rings. The van der Waals surface area contributed by atoms with Gasteiger partial charge >= 0.3 is 0 Å². The van der Waals surface area contributed by atoms with Crippen molar-refractivity contribution in [1.82, 2.24) is 0 Å². The molecular formula is C19H15O2P. The summed E-state index contributed by atoms with van der Waals surface area (Å²) >= 11 is 0. The molecule has 3 aromatic carbocycles. The van der Waals surface area contributed by atoms with Crippen LogP contribution in [-0.4, -0.2) is 4.89 Å². The average Bonchev–Trinajstić information content (AvgIpc) is 2.57. The Morgan fingerprint density at radius 3 is 2.36 bits per heavy atom. The minimum absolute atomic E-state index is 0.801. The van der Waals surface area contributed by atoms with Gasteiger partial charge in [0.25, 0.3) is 8.38 Å². The van der Waals surface area contributed by atoms with Crippen molar-refractivity contribution in [2.24, 2.45) is 0 Å². The summed E-state index contributed by atoms with van der Waals surface area (Å²) in [5.74, 6) is 0.818. The first-order chi connectivity index (χ1) is 10.8. The fraction of sp³-hybridized carbons (Fsp3) is 0.0526. The van der Waals surface area contributed by atoms with Crippen LogP contribution in [0, 0.1) is 0 Å². The van der Waals surface area contributed by atoms with Gasteiger partial charge in [-0.2, -0.15) is 0 Å². The Hall–Kier alpha value is -2.15. The van der Waals surface area contributed by atoms with Crippen LogP contribution in [0.3, 0.4) is 0 Å². The minimum Gasteiger partial charge on any atom is -0.443 e. The second kappa shape index (κ2) is 5.57. The standard InChI is InChI=1S/C19H15O2P/c20-22-18-12-5-4-10-16(18)17-11-6-9-15(19(17)21-22)13-14-7-2-1-3-8-14/h1-12,20H,13H2. The zero-order chi connectivity index (χ0) is 14.9. The predicted molar refractivity (Wildman–Crippen MR) is 90.5 cm³/mol. The van der Waals surface area contributed by atoms with Gasteiger partial charge in [0.1, 0.15) is 5.75 Å². The van der Waals surface area contributed by atoms with Crippen molar-refractivity contribution in [2.75, 3.05) is 0 Å². The van der Waals surface area contributed by atoms with Gasteiger partial charge in [-0.1, -0.05) is 66.7 Å². The Labute approximate surface area is 130 Å². The third kappa shape index (κ3) is 2.31. The van der Waals surface area contributed by atoms with E-state index in [1.54, 1.807) is 0 Å². The van der Waals surface area contributed by atoms with E-state index < -0.39 is 8.38 Å². The highest BCUT2D eigenvalue weighted by atomic mass is 31.2. The largest absolute Gasteiger partial charge is 0.443 e. The van der Waals surface area contributed by atoms with Crippen molar-refractivity contribution in [1.29, 1.82) is 0 Å². The molecule has 1 aliphatic rings. The van der Waals surface area contributed by atoms with Crippen LogP contribution in [0.2, 0.25) is 0 Å². The Balaban J connectivity index is 1.82. The molecule has 1 unspecified atom stereocenters. The Morgan fingerprint density at radius 1 is 0.773 bits per heavy atom. The molecule has 0 bridgehead atoms. The number of rotatable bonds is 2. The number of hydrogen-bond acceptors (Lipinski definition) is 2. The third-order valence-electron chi connectivity index (χ3n) is 3.91. The van der Waals surface area contributed by atoms with Gasteiger partial charge in [0.2, 0.25) is 0 Å². The average molecular weight is 306 g/mol. The zero-order valence-corrected chi connectivity index (χ0v) is 12.8. The summed E-state index contributed by atoms with van der Waals surface area (Å²) in [4.78, 5) is 10.3. The van der Waals surface area contributed by atoms with Crippen molar-refractivity contribution in [2.45, 2.75) is 6.42 Å². The fourth-order valence-corrected chi connectivity index (χ4v) is 3.97. The van der Waals surface area contributed by atoms with E-state index in [1.807, 2.05) is 36.4 Å². The lowest BCUT2D eigenvalue weighted by Gasteiger charge is -2.26. The van der Waals surface area contributed by atoms with Gasteiger partial charge in [-0.15, -0.1) is 0 Å². The summed E-state index contributed by atoms with van der Waals surface area (Å²) in [6.45, 7) is 0. The lowest BCUT2D eigenvalue weighted by atomic mass is 9.97. The fourth-order valence-electron chi connectivity index (χ4n) is 2.86. The van der Waals surface area contributed by atoms with Crippen molar-refractivity contribution in [3.63, 3.8) is 0 Å². The van der Waals surface area contributed by atoms with Gasteiger partial charge in [0.05, 0.1) is 5.30 Å². The van der Waals surface area contributed by atoms with Crippen molar-refractivity contribution in [3.8, 4) is 16.9 Å². The molecule has 0 saturated carbocycles. The van der Waals surface area contributed by atoms with E-state index in [1.165, 1.54) is 5.56 Å². The van der Waals surface area contributed by atoms with Crippen LogP contribution in [0.4, 0.5) is 0 Å². The second-order valence-electron chi connectivity index (χ2n) is 5.34. The molecule has 0 spiro atoms. The molecule has 1 aliphatic heterocycles. The van der Waals surface area contributed by atoms with E-state index in [2.05, 4.69) is 36.4 Å². The van der Waals surface area contributed by atoms with Crippen LogP contribution >= 0.6 is 8.38 Å². The van der Waals surface area contributed by atoms with E-state index in [4.69, 9.17) is 4.52 Å². The van der Waals surface area contributed by atoms with Crippen molar-refractivity contribution < 1.29 is 9.42 Å². The summed E-state index contributed by atoms with van der Waals surface area (Å²) in [6.07, 6.45) is 0.801. The van der Waals surface area contributed by atoms with E-state index in [-0.39, 0.29) is 0 Å². The zero-order valence-electron chi connectivity index (χ0n) is 11.9. The Kier molecular flexibility index (Phi) is 3.42. The van der Waals surface area contributed by atoms with Gasteiger partial charge < -0.3 is 9.42 Å². The monoisotopic (exact) mass is 306 g/mol. The molecular weight excluding hydrogens is 291 g/mol. The highest BCUT2D eigenvalue weighted by molar-refractivity contribution is 7.56. The summed E-state index contributed by atoms with van der Waals surface area (Å²) in [6, 6.07) is 24.4. The molecule has 0 fully saturated rings. The highest BCUT2D eigenvalue weighted by Crippen LogP contribution is 2.48. The molecule has 3 heteroatoms. The molecule has 4 rings (SSSR count). The Morgan fingerprint density at radius 2 is 1.50 bits per heavy atom. The molecule has 0 aliphatic carbocycles. The lowest BCUT2D eigenvalue weighted by Crippen LogP contribution is -2.14. The van der Waals surface area contributed by atoms with Crippen molar-refractivity contribution >= 4 is 13.7 Å². The smallest absolute Gasteiger partial charge is 0.262 e. The molecule has 0 radical (unpaired) electrons. The van der Waals surface area contributed by atoms with Gasteiger partial charge in [-0.3, -0.25) is 0 Å². The van der Waals surface area contributed by atoms with E-state index in [0.29, 0.717) is 0 Å². The van der Waals surface area contributed by atoms with Crippen molar-refractivity contribution in [3.05, 3.63) is 83.9 Å². The van der Waals surface area contributed by atoms with Crippen LogP contribution in [0.15, 0.2) is 72.8 Å². The molecule has 108 valence electrons. The van der Waals surface area contributed by atoms with Gasteiger partial charge in [-0.25, -0.2) is 0 Å². The summed E-state index contributed by atoms with van der Waals surface area (Å²) < 4.78 is 5.88. The molecule has 22 heavy (non-hydrogen) atoms. The second-order valence-corrected chi connectivity index (χ2v) is 6.55. The molecule has 0 amide bonds. The molecule has 1 N–H and O–H groups in total.